The van der Waals surface area contributed by atoms with E-state index in [1.54, 1.807) is 13.3 Å². The van der Waals surface area contributed by atoms with Crippen molar-refractivity contribution >= 4 is 12.1 Å². The monoisotopic (exact) mass is 264 g/mol. The first-order valence-corrected chi connectivity index (χ1v) is 6.18. The van der Waals surface area contributed by atoms with Crippen LogP contribution in [-0.4, -0.2) is 32.4 Å². The molecule has 0 spiro atoms. The maximum atomic E-state index is 11.3. The van der Waals surface area contributed by atoms with E-state index >= 15 is 0 Å². The summed E-state index contributed by atoms with van der Waals surface area (Å²) in [5.41, 5.74) is 0.878. The Labute approximate surface area is 113 Å². The molecule has 0 fully saturated rings. The maximum absolute atomic E-state index is 11.3. The van der Waals surface area contributed by atoms with Gasteiger partial charge in [-0.05, 0) is 35.7 Å². The molecule has 0 aliphatic heterocycles. The third-order valence-corrected chi connectivity index (χ3v) is 2.30. The van der Waals surface area contributed by atoms with Gasteiger partial charge in [-0.25, -0.2) is 0 Å². The SMILES string of the molecule is COc1ccc(/C=N/OCC(=O)NCC(C)C)cc1. The molecule has 0 aromatic heterocycles. The Hall–Kier alpha value is -2.04. The van der Waals surface area contributed by atoms with Gasteiger partial charge in [0.05, 0.1) is 13.3 Å². The molecular formula is C14H20N2O3. The Kier molecular flexibility index (Phi) is 6.43. The molecule has 1 N–H and O–H groups in total. The summed E-state index contributed by atoms with van der Waals surface area (Å²) in [7, 11) is 1.61. The molecule has 104 valence electrons. The number of benzene rings is 1. The minimum Gasteiger partial charge on any atom is -0.497 e. The molecule has 1 aromatic carbocycles. The first-order chi connectivity index (χ1) is 9.11. The van der Waals surface area contributed by atoms with Crippen molar-refractivity contribution in [3.8, 4) is 5.75 Å². The lowest BCUT2D eigenvalue weighted by atomic mass is 10.2. The summed E-state index contributed by atoms with van der Waals surface area (Å²) < 4.78 is 5.04. The van der Waals surface area contributed by atoms with Crippen LogP contribution in [0.2, 0.25) is 0 Å². The number of oxime groups is 1. The van der Waals surface area contributed by atoms with Crippen molar-refractivity contribution in [2.75, 3.05) is 20.3 Å². The minimum absolute atomic E-state index is 0.0701. The number of rotatable bonds is 7. The molecule has 0 saturated carbocycles. The fourth-order valence-corrected chi connectivity index (χ4v) is 1.25. The molecule has 0 radical (unpaired) electrons. The van der Waals surface area contributed by atoms with Crippen LogP contribution in [0.3, 0.4) is 0 Å². The predicted octanol–water partition coefficient (Wildman–Crippen LogP) is 1.82. The van der Waals surface area contributed by atoms with E-state index in [0.717, 1.165) is 11.3 Å². The molecule has 0 unspecified atom stereocenters. The van der Waals surface area contributed by atoms with Gasteiger partial charge in [0.15, 0.2) is 6.61 Å². The quantitative estimate of drug-likeness (QED) is 0.603. The third kappa shape index (κ3) is 6.45. The Morgan fingerprint density at radius 3 is 2.63 bits per heavy atom. The van der Waals surface area contributed by atoms with Crippen LogP contribution in [0.5, 0.6) is 5.75 Å². The number of ether oxygens (including phenoxy) is 1. The first-order valence-electron chi connectivity index (χ1n) is 6.18. The smallest absolute Gasteiger partial charge is 0.260 e. The van der Waals surface area contributed by atoms with Crippen LogP contribution in [0.1, 0.15) is 19.4 Å². The normalized spacial score (nSPS) is 10.7. The van der Waals surface area contributed by atoms with Gasteiger partial charge in [0.25, 0.3) is 5.91 Å². The van der Waals surface area contributed by atoms with E-state index in [9.17, 15) is 4.79 Å². The highest BCUT2D eigenvalue weighted by atomic mass is 16.6. The molecule has 5 heteroatoms. The Morgan fingerprint density at radius 2 is 2.05 bits per heavy atom. The molecule has 5 nitrogen and oxygen atoms in total. The lowest BCUT2D eigenvalue weighted by Crippen LogP contribution is -2.30. The number of methoxy groups -OCH3 is 1. The Morgan fingerprint density at radius 1 is 1.37 bits per heavy atom. The molecule has 0 aliphatic rings. The van der Waals surface area contributed by atoms with Crippen molar-refractivity contribution < 1.29 is 14.4 Å². The highest BCUT2D eigenvalue weighted by Gasteiger charge is 2.01. The van der Waals surface area contributed by atoms with Gasteiger partial charge in [0.2, 0.25) is 0 Å². The molecule has 0 heterocycles. The molecule has 1 rings (SSSR count). The summed E-state index contributed by atoms with van der Waals surface area (Å²) in [6, 6.07) is 7.36. The van der Waals surface area contributed by atoms with Crippen LogP contribution in [0.4, 0.5) is 0 Å². The van der Waals surface area contributed by atoms with Crippen molar-refractivity contribution in [1.29, 1.82) is 0 Å². The van der Waals surface area contributed by atoms with E-state index < -0.39 is 0 Å². The van der Waals surface area contributed by atoms with Crippen molar-refractivity contribution in [1.82, 2.24) is 5.32 Å². The molecular weight excluding hydrogens is 244 g/mol. The number of carbonyl (C=O) groups excluding carboxylic acids is 1. The predicted molar refractivity (Wildman–Crippen MR) is 74.4 cm³/mol. The number of hydrogen-bond donors (Lipinski definition) is 1. The van der Waals surface area contributed by atoms with Gasteiger partial charge in [0.1, 0.15) is 5.75 Å². The van der Waals surface area contributed by atoms with E-state index in [1.807, 2.05) is 38.1 Å². The summed E-state index contributed by atoms with van der Waals surface area (Å²) in [4.78, 5) is 16.2. The van der Waals surface area contributed by atoms with Crippen LogP contribution in [0.25, 0.3) is 0 Å². The molecule has 0 saturated heterocycles. The van der Waals surface area contributed by atoms with Crippen LogP contribution < -0.4 is 10.1 Å². The average molecular weight is 264 g/mol. The topological polar surface area (TPSA) is 59.9 Å². The van der Waals surface area contributed by atoms with Gasteiger partial charge in [-0.15, -0.1) is 0 Å². The Bertz CT molecular complexity index is 413. The molecule has 19 heavy (non-hydrogen) atoms. The summed E-state index contributed by atoms with van der Waals surface area (Å²) in [6.45, 7) is 4.63. The number of carbonyl (C=O) groups is 1. The molecule has 0 bridgehead atoms. The summed E-state index contributed by atoms with van der Waals surface area (Å²) >= 11 is 0. The fourth-order valence-electron chi connectivity index (χ4n) is 1.25. The van der Waals surface area contributed by atoms with E-state index in [1.165, 1.54) is 0 Å². The standard InChI is InChI=1S/C14H20N2O3/c1-11(2)8-15-14(17)10-19-16-9-12-4-6-13(18-3)7-5-12/h4-7,9,11H,8,10H2,1-3H3,(H,15,17)/b16-9+. The van der Waals surface area contributed by atoms with Crippen molar-refractivity contribution in [3.63, 3.8) is 0 Å². The number of nitrogens with zero attached hydrogens (tertiary/aromatic N) is 1. The third-order valence-electron chi connectivity index (χ3n) is 2.30. The van der Waals surface area contributed by atoms with Gasteiger partial charge in [0, 0.05) is 6.54 Å². The number of hydrogen-bond acceptors (Lipinski definition) is 4. The highest BCUT2D eigenvalue weighted by molar-refractivity contribution is 5.80. The van der Waals surface area contributed by atoms with Gasteiger partial charge >= 0.3 is 0 Å². The van der Waals surface area contributed by atoms with Crippen LogP contribution in [0.15, 0.2) is 29.4 Å². The minimum atomic E-state index is -0.166. The highest BCUT2D eigenvalue weighted by Crippen LogP contribution is 2.09. The Balaban J connectivity index is 2.27. The lowest BCUT2D eigenvalue weighted by Gasteiger charge is -2.06. The molecule has 0 atom stereocenters. The van der Waals surface area contributed by atoms with E-state index in [0.29, 0.717) is 12.5 Å². The van der Waals surface area contributed by atoms with E-state index in [-0.39, 0.29) is 12.5 Å². The average Bonchev–Trinajstić information content (AvgIpc) is 2.42. The van der Waals surface area contributed by atoms with E-state index in [2.05, 4.69) is 10.5 Å². The van der Waals surface area contributed by atoms with Gasteiger partial charge in [-0.2, -0.15) is 0 Å². The molecule has 0 aliphatic carbocycles. The van der Waals surface area contributed by atoms with Gasteiger partial charge in [-0.1, -0.05) is 19.0 Å². The van der Waals surface area contributed by atoms with E-state index in [4.69, 9.17) is 9.57 Å². The second-order valence-corrected chi connectivity index (χ2v) is 4.48. The number of amides is 1. The molecule has 1 amide bonds. The van der Waals surface area contributed by atoms with Crippen molar-refractivity contribution in [2.24, 2.45) is 11.1 Å². The number of nitrogens with one attached hydrogen (secondary N) is 1. The molecule has 1 aromatic rings. The lowest BCUT2D eigenvalue weighted by molar-refractivity contribution is -0.125. The zero-order valence-corrected chi connectivity index (χ0v) is 11.6. The van der Waals surface area contributed by atoms with Crippen molar-refractivity contribution in [3.05, 3.63) is 29.8 Å². The maximum Gasteiger partial charge on any atom is 0.260 e. The zero-order valence-electron chi connectivity index (χ0n) is 11.6. The zero-order chi connectivity index (χ0) is 14.1. The van der Waals surface area contributed by atoms with Gasteiger partial charge < -0.3 is 14.9 Å². The second kappa shape index (κ2) is 8.13. The van der Waals surface area contributed by atoms with Crippen LogP contribution in [0, 0.1) is 5.92 Å². The second-order valence-electron chi connectivity index (χ2n) is 4.48. The summed E-state index contributed by atoms with van der Waals surface area (Å²) in [5.74, 6) is 1.04. The van der Waals surface area contributed by atoms with Crippen LogP contribution in [-0.2, 0) is 9.63 Å². The summed E-state index contributed by atoms with van der Waals surface area (Å²) in [5, 5.41) is 6.48. The first kappa shape index (κ1) is 15.0. The van der Waals surface area contributed by atoms with Gasteiger partial charge in [-0.3, -0.25) is 4.79 Å². The van der Waals surface area contributed by atoms with Crippen molar-refractivity contribution in [2.45, 2.75) is 13.8 Å². The summed E-state index contributed by atoms with van der Waals surface area (Å²) in [6.07, 6.45) is 1.55. The largest absolute Gasteiger partial charge is 0.497 e. The van der Waals surface area contributed by atoms with Crippen LogP contribution >= 0.6 is 0 Å². The fraction of sp³-hybridized carbons (Fsp3) is 0.429.